The number of nitrogens with zero attached hydrogens (tertiary/aromatic N) is 2. The van der Waals surface area contributed by atoms with E-state index in [1.165, 1.54) is 11.3 Å². The van der Waals surface area contributed by atoms with Gasteiger partial charge in [-0.05, 0) is 44.7 Å². The first kappa shape index (κ1) is 15.0. The zero-order valence-electron chi connectivity index (χ0n) is 14.3. The molecule has 2 heterocycles. The van der Waals surface area contributed by atoms with E-state index in [2.05, 4.69) is 28.4 Å². The van der Waals surface area contributed by atoms with E-state index in [0.717, 1.165) is 41.4 Å². The number of aromatic amines is 1. The molecule has 4 rings (SSSR count). The monoisotopic (exact) mass is 322 g/mol. The number of amides is 1. The SMILES string of the molecule is Cc1[nH]c2c(C(=O)N[C@@H]3CCCc4c3cnn4C)cccc2c1C. The number of aromatic nitrogens is 3. The second-order valence-corrected chi connectivity index (χ2v) is 6.69. The molecule has 1 atom stereocenters. The molecule has 5 heteroatoms. The molecule has 0 bridgehead atoms. The second-order valence-electron chi connectivity index (χ2n) is 6.69. The number of carbonyl (C=O) groups is 1. The van der Waals surface area contributed by atoms with Crippen LogP contribution in [0.25, 0.3) is 10.9 Å². The Morgan fingerprint density at radius 1 is 1.38 bits per heavy atom. The number of para-hydroxylation sites is 1. The summed E-state index contributed by atoms with van der Waals surface area (Å²) in [5.41, 5.74) is 6.33. The van der Waals surface area contributed by atoms with Gasteiger partial charge in [-0.2, -0.15) is 5.10 Å². The minimum atomic E-state index is -0.0245. The number of nitrogens with one attached hydrogen (secondary N) is 2. The van der Waals surface area contributed by atoms with Crippen molar-refractivity contribution in [2.24, 2.45) is 7.05 Å². The van der Waals surface area contributed by atoms with Crippen LogP contribution in [0.15, 0.2) is 24.4 Å². The molecule has 0 spiro atoms. The van der Waals surface area contributed by atoms with Gasteiger partial charge in [0.1, 0.15) is 0 Å². The second kappa shape index (κ2) is 5.51. The van der Waals surface area contributed by atoms with Gasteiger partial charge < -0.3 is 10.3 Å². The summed E-state index contributed by atoms with van der Waals surface area (Å²) in [5.74, 6) is -0.0245. The highest BCUT2D eigenvalue weighted by Crippen LogP contribution is 2.30. The number of benzene rings is 1. The van der Waals surface area contributed by atoms with Crippen molar-refractivity contribution in [2.45, 2.75) is 39.2 Å². The van der Waals surface area contributed by atoms with Crippen LogP contribution in [-0.4, -0.2) is 20.7 Å². The predicted octanol–water partition coefficient (Wildman–Crippen LogP) is 3.33. The van der Waals surface area contributed by atoms with E-state index in [9.17, 15) is 4.79 Å². The molecule has 2 aromatic heterocycles. The number of hydrogen-bond donors (Lipinski definition) is 2. The maximum Gasteiger partial charge on any atom is 0.253 e. The molecule has 2 N–H and O–H groups in total. The molecule has 0 aliphatic heterocycles. The van der Waals surface area contributed by atoms with Crippen LogP contribution >= 0.6 is 0 Å². The topological polar surface area (TPSA) is 62.7 Å². The Morgan fingerprint density at radius 2 is 2.21 bits per heavy atom. The third-order valence-corrected chi connectivity index (χ3v) is 5.27. The summed E-state index contributed by atoms with van der Waals surface area (Å²) in [6.45, 7) is 4.12. The Hall–Kier alpha value is -2.56. The average Bonchev–Trinajstić information content (AvgIpc) is 3.09. The fraction of sp³-hybridized carbons (Fsp3) is 0.368. The van der Waals surface area contributed by atoms with E-state index in [1.807, 2.05) is 37.0 Å². The Labute approximate surface area is 141 Å². The van der Waals surface area contributed by atoms with Crippen LogP contribution in [0.4, 0.5) is 0 Å². The Balaban J connectivity index is 1.67. The van der Waals surface area contributed by atoms with E-state index in [4.69, 9.17) is 0 Å². The molecule has 0 saturated carbocycles. The van der Waals surface area contributed by atoms with Crippen molar-refractivity contribution < 1.29 is 4.79 Å². The molecule has 124 valence electrons. The third kappa shape index (κ3) is 2.23. The number of carbonyl (C=O) groups excluding carboxylic acids is 1. The first-order valence-corrected chi connectivity index (χ1v) is 8.45. The molecule has 1 aliphatic carbocycles. The highest BCUT2D eigenvalue weighted by atomic mass is 16.1. The molecular weight excluding hydrogens is 300 g/mol. The highest BCUT2D eigenvalue weighted by Gasteiger charge is 2.25. The van der Waals surface area contributed by atoms with E-state index < -0.39 is 0 Å². The predicted molar refractivity (Wildman–Crippen MR) is 94.1 cm³/mol. The van der Waals surface area contributed by atoms with Crippen LogP contribution in [-0.2, 0) is 13.5 Å². The molecule has 3 aromatic rings. The molecule has 0 unspecified atom stereocenters. The summed E-state index contributed by atoms with van der Waals surface area (Å²) < 4.78 is 1.92. The zero-order chi connectivity index (χ0) is 16.8. The first-order chi connectivity index (χ1) is 11.6. The van der Waals surface area contributed by atoms with Crippen molar-refractivity contribution in [3.63, 3.8) is 0 Å². The van der Waals surface area contributed by atoms with Crippen molar-refractivity contribution in [3.8, 4) is 0 Å². The van der Waals surface area contributed by atoms with E-state index in [0.29, 0.717) is 5.56 Å². The van der Waals surface area contributed by atoms with Gasteiger partial charge in [-0.15, -0.1) is 0 Å². The van der Waals surface area contributed by atoms with Crippen LogP contribution < -0.4 is 5.32 Å². The van der Waals surface area contributed by atoms with Gasteiger partial charge in [-0.25, -0.2) is 0 Å². The van der Waals surface area contributed by atoms with Gasteiger partial charge in [0.05, 0.1) is 23.3 Å². The molecular formula is C19H22N4O. The van der Waals surface area contributed by atoms with Crippen molar-refractivity contribution in [2.75, 3.05) is 0 Å². The lowest BCUT2D eigenvalue weighted by Crippen LogP contribution is -2.31. The summed E-state index contributed by atoms with van der Waals surface area (Å²) in [4.78, 5) is 16.3. The lowest BCUT2D eigenvalue weighted by molar-refractivity contribution is 0.0934. The minimum Gasteiger partial charge on any atom is -0.358 e. The van der Waals surface area contributed by atoms with Crippen LogP contribution in [0.1, 0.15) is 51.8 Å². The maximum absolute atomic E-state index is 12.9. The summed E-state index contributed by atoms with van der Waals surface area (Å²) in [6, 6.07) is 5.95. The van der Waals surface area contributed by atoms with Crippen molar-refractivity contribution >= 4 is 16.8 Å². The fourth-order valence-corrected chi connectivity index (χ4v) is 3.76. The van der Waals surface area contributed by atoms with Crippen LogP contribution in [0.3, 0.4) is 0 Å². The Bertz CT molecular complexity index is 934. The summed E-state index contributed by atoms with van der Waals surface area (Å²) >= 11 is 0. The van der Waals surface area contributed by atoms with Gasteiger partial charge in [-0.3, -0.25) is 9.48 Å². The molecule has 0 saturated heterocycles. The van der Waals surface area contributed by atoms with Gasteiger partial charge >= 0.3 is 0 Å². The standard InChI is InChI=1S/C19H22N4O/c1-11-12(2)21-18-13(11)6-4-7-14(18)19(24)22-16-8-5-9-17-15(16)10-20-23(17)3/h4,6-7,10,16,21H,5,8-9H2,1-3H3,(H,22,24)/t16-/m1/s1. The molecule has 0 radical (unpaired) electrons. The van der Waals surface area contributed by atoms with Crippen LogP contribution in [0.2, 0.25) is 0 Å². The smallest absolute Gasteiger partial charge is 0.253 e. The molecule has 24 heavy (non-hydrogen) atoms. The number of hydrogen-bond acceptors (Lipinski definition) is 2. The molecule has 1 amide bonds. The lowest BCUT2D eigenvalue weighted by Gasteiger charge is -2.24. The number of aryl methyl sites for hydroxylation is 3. The van der Waals surface area contributed by atoms with E-state index in [1.54, 1.807) is 0 Å². The molecule has 1 aliphatic rings. The largest absolute Gasteiger partial charge is 0.358 e. The maximum atomic E-state index is 12.9. The summed E-state index contributed by atoms with van der Waals surface area (Å²) in [7, 11) is 1.97. The fourth-order valence-electron chi connectivity index (χ4n) is 3.76. The Kier molecular flexibility index (Phi) is 3.44. The van der Waals surface area contributed by atoms with Gasteiger partial charge in [0, 0.05) is 29.4 Å². The van der Waals surface area contributed by atoms with Gasteiger partial charge in [0.2, 0.25) is 0 Å². The van der Waals surface area contributed by atoms with Gasteiger partial charge in [0.25, 0.3) is 5.91 Å². The summed E-state index contributed by atoms with van der Waals surface area (Å²) in [5, 5.41) is 8.68. The van der Waals surface area contributed by atoms with E-state index >= 15 is 0 Å². The Morgan fingerprint density at radius 3 is 3.04 bits per heavy atom. The van der Waals surface area contributed by atoms with Gasteiger partial charge in [-0.1, -0.05) is 12.1 Å². The molecule has 1 aromatic carbocycles. The number of fused-ring (bicyclic) bond motifs is 2. The number of rotatable bonds is 2. The lowest BCUT2D eigenvalue weighted by atomic mass is 9.92. The summed E-state index contributed by atoms with van der Waals surface area (Å²) in [6.07, 6.45) is 4.96. The average molecular weight is 322 g/mol. The van der Waals surface area contributed by atoms with Crippen LogP contribution in [0.5, 0.6) is 0 Å². The third-order valence-electron chi connectivity index (χ3n) is 5.27. The van der Waals surface area contributed by atoms with Crippen molar-refractivity contribution in [1.82, 2.24) is 20.1 Å². The van der Waals surface area contributed by atoms with Crippen molar-refractivity contribution in [3.05, 3.63) is 52.5 Å². The highest BCUT2D eigenvalue weighted by molar-refractivity contribution is 6.06. The van der Waals surface area contributed by atoms with Gasteiger partial charge in [0.15, 0.2) is 0 Å². The first-order valence-electron chi connectivity index (χ1n) is 8.45. The van der Waals surface area contributed by atoms with Crippen molar-refractivity contribution in [1.29, 1.82) is 0 Å². The quantitative estimate of drug-likeness (QED) is 0.760. The molecule has 5 nitrogen and oxygen atoms in total. The van der Waals surface area contributed by atoms with Crippen LogP contribution in [0, 0.1) is 13.8 Å². The van der Waals surface area contributed by atoms with E-state index in [-0.39, 0.29) is 11.9 Å². The molecule has 0 fully saturated rings. The zero-order valence-corrected chi connectivity index (χ0v) is 14.3. The number of H-pyrrole nitrogens is 1. The normalized spacial score (nSPS) is 17.0. The minimum absolute atomic E-state index is 0.0245.